The van der Waals surface area contributed by atoms with Crippen molar-refractivity contribution in [2.24, 2.45) is 0 Å². The number of benzene rings is 1. The number of aromatic nitrogens is 2. The SMILES string of the molecule is O=C1CC[C@@H](CN(Cc2ccccn2)Cc2cc(=O)c3cccc(F)c3[nH]2)N1. The summed E-state index contributed by atoms with van der Waals surface area (Å²) in [7, 11) is 0. The molecule has 1 atom stereocenters. The van der Waals surface area contributed by atoms with Gasteiger partial charge in [0.05, 0.1) is 11.2 Å². The molecule has 1 aromatic carbocycles. The van der Waals surface area contributed by atoms with Crippen molar-refractivity contribution in [2.75, 3.05) is 6.54 Å². The highest BCUT2D eigenvalue weighted by atomic mass is 19.1. The molecule has 1 fully saturated rings. The first-order chi connectivity index (χ1) is 13.6. The first-order valence-electron chi connectivity index (χ1n) is 9.30. The van der Waals surface area contributed by atoms with Crippen molar-refractivity contribution in [3.63, 3.8) is 0 Å². The second-order valence-electron chi connectivity index (χ2n) is 7.12. The first kappa shape index (κ1) is 18.3. The fourth-order valence-corrected chi connectivity index (χ4v) is 3.65. The Bertz CT molecular complexity index is 1050. The number of aromatic amines is 1. The van der Waals surface area contributed by atoms with Crippen LogP contribution in [-0.4, -0.2) is 33.4 Å². The molecule has 6 nitrogen and oxygen atoms in total. The number of fused-ring (bicyclic) bond motifs is 1. The number of rotatable bonds is 6. The van der Waals surface area contributed by atoms with E-state index in [1.807, 2.05) is 18.2 Å². The molecule has 28 heavy (non-hydrogen) atoms. The molecule has 0 unspecified atom stereocenters. The second-order valence-corrected chi connectivity index (χ2v) is 7.12. The fourth-order valence-electron chi connectivity index (χ4n) is 3.65. The molecule has 0 bridgehead atoms. The van der Waals surface area contributed by atoms with E-state index in [9.17, 15) is 14.0 Å². The Morgan fingerprint density at radius 2 is 2.04 bits per heavy atom. The number of hydrogen-bond acceptors (Lipinski definition) is 4. The number of hydrogen-bond donors (Lipinski definition) is 2. The van der Waals surface area contributed by atoms with E-state index < -0.39 is 5.82 Å². The fraction of sp³-hybridized carbons (Fsp3) is 0.286. The number of H-pyrrole nitrogens is 1. The summed E-state index contributed by atoms with van der Waals surface area (Å²) in [6, 6.07) is 11.8. The van der Waals surface area contributed by atoms with E-state index in [0.717, 1.165) is 12.1 Å². The molecule has 2 aromatic heterocycles. The molecule has 4 rings (SSSR count). The third kappa shape index (κ3) is 4.09. The quantitative estimate of drug-likeness (QED) is 0.688. The molecule has 0 saturated carbocycles. The van der Waals surface area contributed by atoms with Crippen LogP contribution in [0.25, 0.3) is 10.9 Å². The minimum atomic E-state index is -0.448. The van der Waals surface area contributed by atoms with Crippen molar-refractivity contribution in [1.82, 2.24) is 20.2 Å². The highest BCUT2D eigenvalue weighted by molar-refractivity contribution is 5.79. The Morgan fingerprint density at radius 3 is 2.79 bits per heavy atom. The molecule has 1 saturated heterocycles. The predicted octanol–water partition coefficient (Wildman–Crippen LogP) is 2.34. The summed E-state index contributed by atoms with van der Waals surface area (Å²) in [6.07, 6.45) is 3.04. The zero-order valence-corrected chi connectivity index (χ0v) is 15.3. The smallest absolute Gasteiger partial charge is 0.220 e. The van der Waals surface area contributed by atoms with Crippen LogP contribution in [0.5, 0.6) is 0 Å². The van der Waals surface area contributed by atoms with E-state index in [1.54, 1.807) is 12.3 Å². The molecule has 3 aromatic rings. The van der Waals surface area contributed by atoms with Crippen molar-refractivity contribution in [3.05, 3.63) is 76.1 Å². The van der Waals surface area contributed by atoms with Gasteiger partial charge in [0.25, 0.3) is 0 Å². The van der Waals surface area contributed by atoms with Crippen LogP contribution in [0.4, 0.5) is 4.39 Å². The van der Waals surface area contributed by atoms with E-state index in [2.05, 4.69) is 20.2 Å². The zero-order chi connectivity index (χ0) is 19.5. The molecule has 0 radical (unpaired) electrons. The summed E-state index contributed by atoms with van der Waals surface area (Å²) in [5, 5.41) is 3.31. The molecule has 2 N–H and O–H groups in total. The van der Waals surface area contributed by atoms with E-state index in [1.165, 1.54) is 18.2 Å². The number of halogens is 1. The number of amides is 1. The van der Waals surface area contributed by atoms with E-state index in [4.69, 9.17) is 0 Å². The van der Waals surface area contributed by atoms with E-state index >= 15 is 0 Å². The van der Waals surface area contributed by atoms with Crippen molar-refractivity contribution in [1.29, 1.82) is 0 Å². The zero-order valence-electron chi connectivity index (χ0n) is 15.3. The van der Waals surface area contributed by atoms with Crippen LogP contribution in [0.1, 0.15) is 24.2 Å². The van der Waals surface area contributed by atoms with Crippen LogP contribution >= 0.6 is 0 Å². The molecule has 3 heterocycles. The summed E-state index contributed by atoms with van der Waals surface area (Å²) in [5.41, 5.74) is 1.52. The molecule has 1 aliphatic heterocycles. The molecule has 7 heteroatoms. The van der Waals surface area contributed by atoms with Crippen LogP contribution in [0.15, 0.2) is 53.5 Å². The average Bonchev–Trinajstić information content (AvgIpc) is 3.08. The van der Waals surface area contributed by atoms with Gasteiger partial charge in [-0.2, -0.15) is 0 Å². The predicted molar refractivity (Wildman–Crippen MR) is 104 cm³/mol. The van der Waals surface area contributed by atoms with Crippen LogP contribution in [0.2, 0.25) is 0 Å². The Balaban J connectivity index is 1.61. The largest absolute Gasteiger partial charge is 0.355 e. The molecular formula is C21H21FN4O2. The van der Waals surface area contributed by atoms with Crippen LogP contribution in [0, 0.1) is 5.82 Å². The van der Waals surface area contributed by atoms with Gasteiger partial charge in [0, 0.05) is 55.4 Å². The van der Waals surface area contributed by atoms with Crippen molar-refractivity contribution < 1.29 is 9.18 Å². The minimum absolute atomic E-state index is 0.0557. The summed E-state index contributed by atoms with van der Waals surface area (Å²) < 4.78 is 14.2. The Kier molecular flexibility index (Phi) is 5.16. The highest BCUT2D eigenvalue weighted by Gasteiger charge is 2.23. The average molecular weight is 380 g/mol. The molecule has 0 aliphatic carbocycles. The lowest BCUT2D eigenvalue weighted by molar-refractivity contribution is -0.119. The number of nitrogens with zero attached hydrogens (tertiary/aromatic N) is 2. The lowest BCUT2D eigenvalue weighted by Gasteiger charge is -2.25. The Labute approximate surface area is 161 Å². The maximum Gasteiger partial charge on any atom is 0.220 e. The topological polar surface area (TPSA) is 78.1 Å². The van der Waals surface area contributed by atoms with Gasteiger partial charge < -0.3 is 10.3 Å². The van der Waals surface area contributed by atoms with E-state index in [-0.39, 0.29) is 22.9 Å². The van der Waals surface area contributed by atoms with E-state index in [0.29, 0.717) is 37.1 Å². The Morgan fingerprint density at radius 1 is 1.14 bits per heavy atom. The standard InChI is InChI=1S/C21H21FN4O2/c22-18-6-3-5-17-19(27)10-16(25-21(17)18)13-26(11-14-4-1-2-9-23-14)12-15-7-8-20(28)24-15/h1-6,9-10,15H,7-8,11-13H2,(H,24,28)(H,25,27)/t15-/m0/s1. The molecule has 1 aliphatic rings. The lowest BCUT2D eigenvalue weighted by Crippen LogP contribution is -2.38. The minimum Gasteiger partial charge on any atom is -0.355 e. The van der Waals surface area contributed by atoms with Gasteiger partial charge in [-0.05, 0) is 30.7 Å². The lowest BCUT2D eigenvalue weighted by atomic mass is 10.1. The number of carbonyl (C=O) groups is 1. The second kappa shape index (κ2) is 7.90. The van der Waals surface area contributed by atoms with Crippen molar-refractivity contribution in [3.8, 4) is 0 Å². The summed E-state index contributed by atoms with van der Waals surface area (Å²) in [4.78, 5) is 33.5. The Hall–Kier alpha value is -3.06. The van der Waals surface area contributed by atoms with Gasteiger partial charge in [-0.25, -0.2) is 4.39 Å². The third-order valence-electron chi connectivity index (χ3n) is 4.94. The van der Waals surface area contributed by atoms with Crippen LogP contribution in [0.3, 0.4) is 0 Å². The van der Waals surface area contributed by atoms with Gasteiger partial charge in [-0.1, -0.05) is 12.1 Å². The number of carbonyl (C=O) groups excluding carboxylic acids is 1. The van der Waals surface area contributed by atoms with Gasteiger partial charge in [0.2, 0.25) is 5.91 Å². The number of pyridine rings is 2. The maximum absolute atomic E-state index is 14.2. The van der Waals surface area contributed by atoms with Gasteiger partial charge in [0.1, 0.15) is 5.82 Å². The van der Waals surface area contributed by atoms with Gasteiger partial charge in [-0.15, -0.1) is 0 Å². The monoisotopic (exact) mass is 380 g/mol. The van der Waals surface area contributed by atoms with Gasteiger partial charge in [-0.3, -0.25) is 19.5 Å². The van der Waals surface area contributed by atoms with Crippen molar-refractivity contribution >= 4 is 16.8 Å². The molecule has 144 valence electrons. The number of nitrogens with one attached hydrogen (secondary N) is 2. The summed E-state index contributed by atoms with van der Waals surface area (Å²) in [5.74, 6) is -0.389. The molecular weight excluding hydrogens is 359 g/mol. The highest BCUT2D eigenvalue weighted by Crippen LogP contribution is 2.16. The third-order valence-corrected chi connectivity index (χ3v) is 4.94. The molecule has 1 amide bonds. The van der Waals surface area contributed by atoms with Gasteiger partial charge in [0.15, 0.2) is 5.43 Å². The maximum atomic E-state index is 14.2. The normalized spacial score (nSPS) is 16.6. The van der Waals surface area contributed by atoms with Crippen LogP contribution < -0.4 is 10.7 Å². The molecule has 0 spiro atoms. The first-order valence-corrected chi connectivity index (χ1v) is 9.30. The van der Waals surface area contributed by atoms with Crippen LogP contribution in [-0.2, 0) is 17.9 Å². The summed E-state index contributed by atoms with van der Waals surface area (Å²) in [6.45, 7) is 1.60. The number of para-hydroxylation sites is 1. The summed E-state index contributed by atoms with van der Waals surface area (Å²) >= 11 is 0. The van der Waals surface area contributed by atoms with Crippen molar-refractivity contribution in [2.45, 2.75) is 32.0 Å². The van der Waals surface area contributed by atoms with Gasteiger partial charge >= 0.3 is 0 Å².